The number of hydrogen-bond donors (Lipinski definition) is 3. The van der Waals surface area contributed by atoms with Crippen molar-refractivity contribution in [3.8, 4) is 0 Å². The molecule has 0 radical (unpaired) electrons. The highest BCUT2D eigenvalue weighted by molar-refractivity contribution is 6.20. The Labute approximate surface area is 106 Å². The van der Waals surface area contributed by atoms with Gasteiger partial charge >= 0.3 is 11.9 Å². The van der Waals surface area contributed by atoms with Crippen molar-refractivity contribution in [2.24, 2.45) is 11.7 Å². The van der Waals surface area contributed by atoms with Crippen molar-refractivity contribution in [1.29, 1.82) is 0 Å². The summed E-state index contributed by atoms with van der Waals surface area (Å²) in [4.78, 5) is 21.5. The van der Waals surface area contributed by atoms with Gasteiger partial charge < -0.3 is 15.9 Å². The summed E-state index contributed by atoms with van der Waals surface area (Å²) >= 11 is 5.99. The highest BCUT2D eigenvalue weighted by atomic mass is 35.5. The van der Waals surface area contributed by atoms with Crippen LogP contribution in [0.5, 0.6) is 0 Å². The number of aliphatic carboxylic acids is 2. The van der Waals surface area contributed by atoms with Gasteiger partial charge in [-0.15, -0.1) is 11.6 Å². The van der Waals surface area contributed by atoms with Crippen molar-refractivity contribution in [3.05, 3.63) is 0 Å². The van der Waals surface area contributed by atoms with Crippen LogP contribution in [-0.2, 0) is 9.59 Å². The molecule has 0 aromatic heterocycles. The van der Waals surface area contributed by atoms with Crippen molar-refractivity contribution in [2.75, 3.05) is 0 Å². The van der Waals surface area contributed by atoms with Gasteiger partial charge in [-0.25, -0.2) is 0 Å². The maximum absolute atomic E-state index is 10.9. The van der Waals surface area contributed by atoms with E-state index >= 15 is 0 Å². The quantitative estimate of drug-likeness (QED) is 0.551. The molecule has 0 aliphatic rings. The number of carboxylic acid groups (broad SMARTS) is 2. The third-order valence-corrected chi connectivity index (χ3v) is 3.07. The van der Waals surface area contributed by atoms with Gasteiger partial charge in [-0.3, -0.25) is 9.59 Å². The summed E-state index contributed by atoms with van der Waals surface area (Å²) in [6.07, 6.45) is 2.66. The van der Waals surface area contributed by atoms with Crippen molar-refractivity contribution in [2.45, 2.75) is 50.4 Å². The Balaban J connectivity index is 4.16. The Bertz CT molecular complexity index is 260. The molecule has 0 fully saturated rings. The number of alkyl halides is 1. The summed E-state index contributed by atoms with van der Waals surface area (Å²) in [5.41, 5.74) is 5.32. The second-order valence-corrected chi connectivity index (χ2v) is 4.80. The van der Waals surface area contributed by atoms with Crippen LogP contribution in [0.1, 0.15) is 39.0 Å². The maximum atomic E-state index is 10.9. The van der Waals surface area contributed by atoms with E-state index in [1.807, 2.05) is 6.92 Å². The molecule has 0 saturated heterocycles. The second-order valence-electron chi connectivity index (χ2n) is 4.18. The van der Waals surface area contributed by atoms with Crippen LogP contribution in [0.4, 0.5) is 0 Å². The van der Waals surface area contributed by atoms with E-state index in [0.717, 1.165) is 12.8 Å². The minimum atomic E-state index is -1.17. The molecule has 0 bridgehead atoms. The molecule has 4 N–H and O–H groups in total. The summed E-state index contributed by atoms with van der Waals surface area (Å²) < 4.78 is 0. The lowest BCUT2D eigenvalue weighted by Gasteiger charge is -2.16. The van der Waals surface area contributed by atoms with E-state index in [2.05, 4.69) is 0 Å². The highest BCUT2D eigenvalue weighted by Gasteiger charge is 2.24. The highest BCUT2D eigenvalue weighted by Crippen LogP contribution is 2.19. The first-order chi connectivity index (χ1) is 7.88. The van der Waals surface area contributed by atoms with Gasteiger partial charge in [-0.2, -0.15) is 0 Å². The Morgan fingerprint density at radius 3 is 2.18 bits per heavy atom. The molecule has 0 rings (SSSR count). The van der Waals surface area contributed by atoms with Crippen molar-refractivity contribution < 1.29 is 19.8 Å². The lowest BCUT2D eigenvalue weighted by Crippen LogP contribution is -2.34. The summed E-state index contributed by atoms with van der Waals surface area (Å²) in [5, 5.41) is 17.5. The van der Waals surface area contributed by atoms with Crippen LogP contribution in [0.25, 0.3) is 0 Å². The third kappa shape index (κ3) is 7.18. The molecule has 17 heavy (non-hydrogen) atoms. The molecule has 2 unspecified atom stereocenters. The smallest absolute Gasteiger partial charge is 0.320 e. The average Bonchev–Trinajstić information content (AvgIpc) is 2.23. The van der Waals surface area contributed by atoms with Crippen LogP contribution in [0, 0.1) is 5.92 Å². The maximum Gasteiger partial charge on any atom is 0.320 e. The number of nitrogens with two attached hydrogens (primary N) is 1. The standard InChI is InChI=1S/C11H20ClNO4/c1-2-3-8(12)5-4-7(10(14)15)6-9(13)11(16)17/h7-9H,2-6,13H2,1H3,(H,14,15)(H,16,17)/t7?,8?,9-/m1/s1. The van der Waals surface area contributed by atoms with Crippen LogP contribution in [0.3, 0.4) is 0 Å². The van der Waals surface area contributed by atoms with Gasteiger partial charge in [0.05, 0.1) is 5.92 Å². The molecule has 5 nitrogen and oxygen atoms in total. The van der Waals surface area contributed by atoms with E-state index < -0.39 is 23.9 Å². The Morgan fingerprint density at radius 2 is 1.76 bits per heavy atom. The van der Waals surface area contributed by atoms with E-state index in [1.54, 1.807) is 0 Å². The SMILES string of the molecule is CCCC(Cl)CCC(C[C@@H](N)C(=O)O)C(=O)O. The van der Waals surface area contributed by atoms with Gasteiger partial charge in [-0.1, -0.05) is 13.3 Å². The van der Waals surface area contributed by atoms with Gasteiger partial charge in [0.2, 0.25) is 0 Å². The van der Waals surface area contributed by atoms with Gasteiger partial charge in [-0.05, 0) is 25.7 Å². The van der Waals surface area contributed by atoms with Gasteiger partial charge in [0.1, 0.15) is 6.04 Å². The second kappa shape index (κ2) is 8.31. The predicted octanol–water partition coefficient (Wildman–Crippen LogP) is 1.68. The number of halogens is 1. The fourth-order valence-corrected chi connectivity index (χ4v) is 1.93. The number of carbonyl (C=O) groups is 2. The molecule has 0 heterocycles. The van der Waals surface area contributed by atoms with Crippen molar-refractivity contribution >= 4 is 23.5 Å². The van der Waals surface area contributed by atoms with Gasteiger partial charge in [0, 0.05) is 5.38 Å². The predicted molar refractivity (Wildman–Crippen MR) is 65.1 cm³/mol. The van der Waals surface area contributed by atoms with E-state index in [0.29, 0.717) is 12.8 Å². The van der Waals surface area contributed by atoms with Crippen LogP contribution < -0.4 is 5.73 Å². The topological polar surface area (TPSA) is 101 Å². The molecule has 0 saturated carbocycles. The molecule has 0 aliphatic heterocycles. The van der Waals surface area contributed by atoms with E-state index in [4.69, 9.17) is 27.5 Å². The van der Waals surface area contributed by atoms with E-state index in [1.165, 1.54) is 0 Å². The van der Waals surface area contributed by atoms with Crippen LogP contribution >= 0.6 is 11.6 Å². The monoisotopic (exact) mass is 265 g/mol. The molecule has 0 spiro atoms. The van der Waals surface area contributed by atoms with E-state index in [9.17, 15) is 9.59 Å². The van der Waals surface area contributed by atoms with Gasteiger partial charge in [0.25, 0.3) is 0 Å². The lowest BCUT2D eigenvalue weighted by atomic mass is 9.94. The molecule has 0 amide bonds. The Hall–Kier alpha value is -0.810. The fourth-order valence-electron chi connectivity index (χ4n) is 1.59. The van der Waals surface area contributed by atoms with Crippen molar-refractivity contribution in [3.63, 3.8) is 0 Å². The zero-order valence-electron chi connectivity index (χ0n) is 9.93. The summed E-state index contributed by atoms with van der Waals surface area (Å²) in [7, 11) is 0. The first-order valence-corrected chi connectivity index (χ1v) is 6.17. The van der Waals surface area contributed by atoms with E-state index in [-0.39, 0.29) is 11.8 Å². The molecule has 0 aromatic carbocycles. The van der Waals surface area contributed by atoms with Gasteiger partial charge in [0.15, 0.2) is 0 Å². The minimum Gasteiger partial charge on any atom is -0.481 e. The first kappa shape index (κ1) is 16.2. The molecular weight excluding hydrogens is 246 g/mol. The van der Waals surface area contributed by atoms with Crippen molar-refractivity contribution in [1.82, 2.24) is 0 Å². The average molecular weight is 266 g/mol. The summed E-state index contributed by atoms with van der Waals surface area (Å²) in [6, 6.07) is -1.13. The minimum absolute atomic E-state index is 0.0529. The number of carboxylic acids is 2. The normalized spacial score (nSPS) is 16.2. The zero-order chi connectivity index (χ0) is 13.4. The van der Waals surface area contributed by atoms with Crippen LogP contribution in [0.15, 0.2) is 0 Å². The fraction of sp³-hybridized carbons (Fsp3) is 0.818. The van der Waals surface area contributed by atoms with Crippen LogP contribution in [-0.4, -0.2) is 33.6 Å². The third-order valence-electron chi connectivity index (χ3n) is 2.64. The first-order valence-electron chi connectivity index (χ1n) is 5.73. The lowest BCUT2D eigenvalue weighted by molar-refractivity contribution is -0.143. The molecule has 0 aromatic rings. The Morgan fingerprint density at radius 1 is 1.18 bits per heavy atom. The molecule has 100 valence electrons. The molecular formula is C11H20ClNO4. The Kier molecular flexibility index (Phi) is 7.91. The molecule has 3 atom stereocenters. The molecule has 6 heteroatoms. The zero-order valence-corrected chi connectivity index (χ0v) is 10.7. The summed E-state index contributed by atoms with van der Waals surface area (Å²) in [6.45, 7) is 2.00. The largest absolute Gasteiger partial charge is 0.481 e. The molecule has 0 aliphatic carbocycles. The number of hydrogen-bond acceptors (Lipinski definition) is 3. The van der Waals surface area contributed by atoms with Crippen LogP contribution in [0.2, 0.25) is 0 Å². The number of rotatable bonds is 9. The summed E-state index contributed by atoms with van der Waals surface area (Å²) in [5.74, 6) is -2.92.